The summed E-state index contributed by atoms with van der Waals surface area (Å²) < 4.78 is 9.83. The van der Waals surface area contributed by atoms with Crippen molar-refractivity contribution in [3.8, 4) is 0 Å². The van der Waals surface area contributed by atoms with E-state index < -0.39 is 27.6 Å². The maximum Gasteiger partial charge on any atom is 0.354 e. The van der Waals surface area contributed by atoms with Gasteiger partial charge in [0.15, 0.2) is 0 Å². The average Bonchev–Trinajstić information content (AvgIpc) is 3.32. The van der Waals surface area contributed by atoms with Crippen molar-refractivity contribution in [2.75, 3.05) is 19.1 Å². The van der Waals surface area contributed by atoms with Crippen molar-refractivity contribution in [3.05, 3.63) is 138 Å². The zero-order valence-electron chi connectivity index (χ0n) is 20.6. The molecule has 186 valence electrons. The van der Waals surface area contributed by atoms with E-state index in [2.05, 4.69) is 0 Å². The molecular formula is C31H27NO4S. The van der Waals surface area contributed by atoms with E-state index in [-0.39, 0.29) is 0 Å². The van der Waals surface area contributed by atoms with Gasteiger partial charge in [0.25, 0.3) is 4.87 Å². The van der Waals surface area contributed by atoms with E-state index in [0.717, 1.165) is 16.7 Å². The molecule has 5 rings (SSSR count). The summed E-state index contributed by atoms with van der Waals surface area (Å²) in [5, 5.41) is 0. The van der Waals surface area contributed by atoms with Gasteiger partial charge in [0.2, 0.25) is 0 Å². The second-order valence-corrected chi connectivity index (χ2v) is 10.2. The van der Waals surface area contributed by atoms with Crippen LogP contribution in [-0.4, -0.2) is 31.0 Å². The Morgan fingerprint density at radius 3 is 1.49 bits per heavy atom. The second-order valence-electron chi connectivity index (χ2n) is 8.72. The summed E-state index contributed by atoms with van der Waals surface area (Å²) in [7, 11) is 2.61. The first kappa shape index (κ1) is 24.7. The Balaban J connectivity index is 1.96. The molecule has 4 aromatic rings. The molecule has 1 saturated heterocycles. The lowest BCUT2D eigenvalue weighted by Crippen LogP contribution is -2.56. The van der Waals surface area contributed by atoms with E-state index >= 15 is 0 Å². The number of anilines is 1. The van der Waals surface area contributed by atoms with Crippen LogP contribution in [0.15, 0.2) is 121 Å². The third-order valence-electron chi connectivity index (χ3n) is 6.77. The SMILES string of the molecule is COC(=O)C1(C(=O)OC)SC(c2ccccc2)(c2ccccc2)[C@@H](c2ccccc2)N1c1ccccc1. The fourth-order valence-electron chi connectivity index (χ4n) is 5.25. The van der Waals surface area contributed by atoms with Crippen molar-refractivity contribution in [2.24, 2.45) is 0 Å². The van der Waals surface area contributed by atoms with Gasteiger partial charge in [-0.2, -0.15) is 0 Å². The van der Waals surface area contributed by atoms with E-state index in [0.29, 0.717) is 5.69 Å². The molecular weight excluding hydrogens is 482 g/mol. The third kappa shape index (κ3) is 3.89. The lowest BCUT2D eigenvalue weighted by molar-refractivity contribution is -0.155. The minimum atomic E-state index is -1.82. The summed E-state index contributed by atoms with van der Waals surface area (Å²) in [5.41, 5.74) is 3.56. The van der Waals surface area contributed by atoms with Gasteiger partial charge in [0.1, 0.15) is 0 Å². The first-order chi connectivity index (χ1) is 18.1. The van der Waals surface area contributed by atoms with Crippen LogP contribution < -0.4 is 4.90 Å². The van der Waals surface area contributed by atoms with Crippen LogP contribution in [-0.2, 0) is 23.8 Å². The van der Waals surface area contributed by atoms with E-state index in [1.54, 1.807) is 0 Å². The lowest BCUT2D eigenvalue weighted by atomic mass is 9.79. The lowest BCUT2D eigenvalue weighted by Gasteiger charge is -2.40. The maximum atomic E-state index is 13.9. The number of thioether (sulfide) groups is 1. The largest absolute Gasteiger partial charge is 0.466 e. The van der Waals surface area contributed by atoms with Crippen molar-refractivity contribution in [1.29, 1.82) is 0 Å². The highest BCUT2D eigenvalue weighted by Crippen LogP contribution is 2.67. The van der Waals surface area contributed by atoms with Crippen LogP contribution in [0.3, 0.4) is 0 Å². The number of esters is 2. The van der Waals surface area contributed by atoms with Crippen molar-refractivity contribution in [1.82, 2.24) is 0 Å². The zero-order valence-corrected chi connectivity index (χ0v) is 21.4. The number of para-hydroxylation sites is 1. The first-order valence-electron chi connectivity index (χ1n) is 12.0. The number of benzene rings is 4. The topological polar surface area (TPSA) is 55.8 Å². The van der Waals surface area contributed by atoms with Gasteiger partial charge in [0.05, 0.1) is 25.0 Å². The normalized spacial score (nSPS) is 17.7. The minimum Gasteiger partial charge on any atom is -0.466 e. The number of carbonyl (C=O) groups is 2. The molecule has 5 nitrogen and oxygen atoms in total. The fourth-order valence-corrected chi connectivity index (χ4v) is 7.22. The Morgan fingerprint density at radius 1 is 0.649 bits per heavy atom. The van der Waals surface area contributed by atoms with Gasteiger partial charge in [-0.15, -0.1) is 0 Å². The molecule has 0 unspecified atom stereocenters. The highest BCUT2D eigenvalue weighted by molar-refractivity contribution is 8.03. The first-order valence-corrected chi connectivity index (χ1v) is 12.8. The van der Waals surface area contributed by atoms with Crippen molar-refractivity contribution >= 4 is 29.4 Å². The Labute approximate surface area is 221 Å². The number of ether oxygens (including phenoxy) is 2. The number of hydrogen-bond donors (Lipinski definition) is 0. The summed E-state index contributed by atoms with van der Waals surface area (Å²) in [6.07, 6.45) is 0. The smallest absolute Gasteiger partial charge is 0.354 e. The molecule has 1 atom stereocenters. The zero-order chi connectivity index (χ0) is 25.9. The summed E-state index contributed by atoms with van der Waals surface area (Å²) >= 11 is 1.26. The van der Waals surface area contributed by atoms with Gasteiger partial charge in [-0.25, -0.2) is 9.59 Å². The molecule has 4 aromatic carbocycles. The van der Waals surface area contributed by atoms with E-state index in [4.69, 9.17) is 9.47 Å². The molecule has 0 amide bonds. The molecule has 0 aromatic heterocycles. The Kier molecular flexibility index (Phi) is 6.76. The van der Waals surface area contributed by atoms with Crippen LogP contribution in [0.4, 0.5) is 5.69 Å². The predicted octanol–water partition coefficient (Wildman–Crippen LogP) is 5.97. The molecule has 6 heteroatoms. The predicted molar refractivity (Wildman–Crippen MR) is 146 cm³/mol. The standard InChI is InChI=1S/C31H27NO4S/c1-35-28(33)31(29(34)36-2)32(26-21-13-6-14-22-26)27(23-15-7-3-8-16-23)30(37-31,24-17-9-4-10-18-24)25-19-11-5-12-20-25/h3-22,27H,1-2H3/t27-/m1/s1. The average molecular weight is 510 g/mol. The number of nitrogens with zero attached hydrogens (tertiary/aromatic N) is 1. The molecule has 0 aliphatic carbocycles. The van der Waals surface area contributed by atoms with Gasteiger partial charge >= 0.3 is 11.9 Å². The molecule has 37 heavy (non-hydrogen) atoms. The second kappa shape index (κ2) is 10.1. The van der Waals surface area contributed by atoms with E-state index in [9.17, 15) is 9.59 Å². The summed E-state index contributed by atoms with van der Waals surface area (Å²) in [4.78, 5) is 27.8. The Bertz CT molecular complexity index is 1310. The van der Waals surface area contributed by atoms with Crippen LogP contribution in [0, 0.1) is 0 Å². The molecule has 0 bridgehead atoms. The van der Waals surface area contributed by atoms with Crippen LogP contribution in [0.5, 0.6) is 0 Å². The van der Waals surface area contributed by atoms with Crippen molar-refractivity contribution < 1.29 is 19.1 Å². The number of rotatable bonds is 6. The molecule has 0 spiro atoms. The minimum absolute atomic E-state index is 0.482. The number of hydrogen-bond acceptors (Lipinski definition) is 6. The highest BCUT2D eigenvalue weighted by atomic mass is 32.2. The Hall–Kier alpha value is -4.03. The van der Waals surface area contributed by atoms with Crippen LogP contribution >= 0.6 is 11.8 Å². The molecule has 0 saturated carbocycles. The molecule has 1 fully saturated rings. The van der Waals surface area contributed by atoms with E-state index in [1.165, 1.54) is 26.0 Å². The highest BCUT2D eigenvalue weighted by Gasteiger charge is 2.70. The third-order valence-corrected chi connectivity index (χ3v) is 8.61. The van der Waals surface area contributed by atoms with Gasteiger partial charge in [-0.1, -0.05) is 121 Å². The van der Waals surface area contributed by atoms with Crippen LogP contribution in [0.25, 0.3) is 0 Å². The number of methoxy groups -OCH3 is 2. The van der Waals surface area contributed by atoms with E-state index in [1.807, 2.05) is 126 Å². The maximum absolute atomic E-state index is 13.9. The number of carbonyl (C=O) groups excluding carboxylic acids is 2. The van der Waals surface area contributed by atoms with Gasteiger partial charge in [0, 0.05) is 5.69 Å². The van der Waals surface area contributed by atoms with Gasteiger partial charge in [-0.3, -0.25) is 0 Å². The molecule has 0 radical (unpaired) electrons. The molecule has 0 N–H and O–H groups in total. The van der Waals surface area contributed by atoms with Gasteiger partial charge < -0.3 is 14.4 Å². The van der Waals surface area contributed by atoms with Crippen molar-refractivity contribution in [2.45, 2.75) is 15.7 Å². The molecule has 1 aliphatic rings. The van der Waals surface area contributed by atoms with Crippen LogP contribution in [0.2, 0.25) is 0 Å². The molecule has 1 heterocycles. The summed E-state index contributed by atoms with van der Waals surface area (Å²) in [6.45, 7) is 0. The summed E-state index contributed by atoms with van der Waals surface area (Å²) in [5.74, 6) is -1.38. The van der Waals surface area contributed by atoms with Gasteiger partial charge in [-0.05, 0) is 28.8 Å². The molecule has 1 aliphatic heterocycles. The fraction of sp³-hybridized carbons (Fsp3) is 0.161. The quantitative estimate of drug-likeness (QED) is 0.236. The summed E-state index contributed by atoms with van der Waals surface area (Å²) in [6, 6.07) is 39.0. The monoisotopic (exact) mass is 509 g/mol. The van der Waals surface area contributed by atoms with Crippen molar-refractivity contribution in [3.63, 3.8) is 0 Å². The Morgan fingerprint density at radius 2 is 1.05 bits per heavy atom. The van der Waals surface area contributed by atoms with Crippen LogP contribution in [0.1, 0.15) is 22.7 Å².